The summed E-state index contributed by atoms with van der Waals surface area (Å²) in [7, 11) is 0. The molecule has 10 heavy (non-hydrogen) atoms. The largest absolute Gasteiger partial charge is 0.480 e. The van der Waals surface area contributed by atoms with Crippen molar-refractivity contribution in [3.63, 3.8) is 0 Å². The third kappa shape index (κ3) is 3.36. The highest BCUT2D eigenvalue weighted by molar-refractivity contribution is 14.1. The van der Waals surface area contributed by atoms with Crippen molar-refractivity contribution in [3.8, 4) is 0 Å². The average molecular weight is 258 g/mol. The van der Waals surface area contributed by atoms with E-state index < -0.39 is 16.0 Å². The number of rotatable bonds is 4. The molecule has 4 heteroatoms. The minimum Gasteiger partial charge on any atom is -0.480 e. The summed E-state index contributed by atoms with van der Waals surface area (Å²) in [5.41, 5.74) is 0. The molecule has 0 heterocycles. The molecule has 3 nitrogen and oxygen atoms in total. The summed E-state index contributed by atoms with van der Waals surface area (Å²) < 4.78 is -0.669. The maximum Gasteiger partial charge on any atom is 0.319 e. The van der Waals surface area contributed by atoms with Crippen LogP contribution in [0.2, 0.25) is 0 Å². The van der Waals surface area contributed by atoms with E-state index in [1.165, 1.54) is 0 Å². The molecule has 60 valence electrons. The van der Waals surface area contributed by atoms with Gasteiger partial charge in [-0.3, -0.25) is 4.79 Å². The van der Waals surface area contributed by atoms with Gasteiger partial charge in [0.15, 0.2) is 0 Å². The summed E-state index contributed by atoms with van der Waals surface area (Å²) in [6, 6.07) is 0. The molecule has 0 radical (unpaired) electrons. The van der Waals surface area contributed by atoms with E-state index in [-0.39, 0.29) is 0 Å². The van der Waals surface area contributed by atoms with Gasteiger partial charge in [0, 0.05) is 0 Å². The van der Waals surface area contributed by atoms with E-state index in [4.69, 9.17) is 10.2 Å². The molecule has 0 aliphatic heterocycles. The highest BCUT2D eigenvalue weighted by Gasteiger charge is 2.21. The second-order valence-corrected chi connectivity index (χ2v) is 3.44. The maximum absolute atomic E-state index is 10.2. The molecular formula is C6H11IO3. The topological polar surface area (TPSA) is 57.5 Å². The van der Waals surface area contributed by atoms with Gasteiger partial charge < -0.3 is 10.2 Å². The minimum atomic E-state index is -0.943. The van der Waals surface area contributed by atoms with Crippen molar-refractivity contribution in [2.45, 2.75) is 29.8 Å². The van der Waals surface area contributed by atoms with Crippen LogP contribution < -0.4 is 0 Å². The van der Waals surface area contributed by atoms with Gasteiger partial charge in [0.05, 0.1) is 6.10 Å². The Balaban J connectivity index is 3.69. The van der Waals surface area contributed by atoms with Crippen LogP contribution in [-0.4, -0.2) is 26.2 Å². The molecule has 0 fully saturated rings. The van der Waals surface area contributed by atoms with Gasteiger partial charge in [-0.25, -0.2) is 0 Å². The lowest BCUT2D eigenvalue weighted by atomic mass is 10.1. The quantitative estimate of drug-likeness (QED) is 0.585. The number of carboxylic acid groups (broad SMARTS) is 1. The number of aliphatic hydroxyl groups excluding tert-OH is 1. The fourth-order valence-corrected chi connectivity index (χ4v) is 0.966. The van der Waals surface area contributed by atoms with Gasteiger partial charge in [-0.1, -0.05) is 35.9 Å². The number of hydrogen-bond acceptors (Lipinski definition) is 2. The lowest BCUT2D eigenvalue weighted by Crippen LogP contribution is -2.27. The first-order chi connectivity index (χ1) is 4.59. The van der Waals surface area contributed by atoms with Crippen LogP contribution in [0.1, 0.15) is 19.8 Å². The van der Waals surface area contributed by atoms with Gasteiger partial charge in [0.25, 0.3) is 0 Å². The summed E-state index contributed by atoms with van der Waals surface area (Å²) >= 11 is 1.73. The van der Waals surface area contributed by atoms with Gasteiger partial charge in [0.2, 0.25) is 0 Å². The van der Waals surface area contributed by atoms with E-state index in [0.29, 0.717) is 6.42 Å². The van der Waals surface area contributed by atoms with E-state index >= 15 is 0 Å². The second-order valence-electron chi connectivity index (χ2n) is 2.10. The summed E-state index contributed by atoms with van der Waals surface area (Å²) in [6.45, 7) is 1.91. The zero-order chi connectivity index (χ0) is 8.15. The van der Waals surface area contributed by atoms with Crippen molar-refractivity contribution >= 4 is 28.6 Å². The lowest BCUT2D eigenvalue weighted by molar-refractivity contribution is -0.137. The van der Waals surface area contributed by atoms with Crippen molar-refractivity contribution in [2.24, 2.45) is 0 Å². The second kappa shape index (κ2) is 4.90. The Kier molecular flexibility index (Phi) is 4.98. The molecule has 0 rings (SSSR count). The number of carbonyl (C=O) groups is 1. The van der Waals surface area contributed by atoms with Crippen LogP contribution in [0.4, 0.5) is 0 Å². The number of hydrogen-bond donors (Lipinski definition) is 2. The predicted octanol–water partition coefficient (Wildman–Crippen LogP) is 1.04. The minimum absolute atomic E-state index is 0.555. The molecule has 0 amide bonds. The Hall–Kier alpha value is 0.160. The molecule has 2 atom stereocenters. The zero-order valence-electron chi connectivity index (χ0n) is 5.75. The Bertz CT molecular complexity index is 116. The van der Waals surface area contributed by atoms with E-state index in [0.717, 1.165) is 6.42 Å². The molecule has 0 aromatic carbocycles. The zero-order valence-corrected chi connectivity index (χ0v) is 7.91. The normalized spacial score (nSPS) is 16.3. The highest BCUT2D eigenvalue weighted by Crippen LogP contribution is 2.11. The SMILES string of the molecule is CCC[C@H](O)[C@H](I)C(=O)O. The number of aliphatic carboxylic acids is 1. The van der Waals surface area contributed by atoms with Gasteiger partial charge in [-0.05, 0) is 6.42 Å². The third-order valence-electron chi connectivity index (χ3n) is 1.16. The Morgan fingerprint density at radius 2 is 2.20 bits per heavy atom. The fourth-order valence-electron chi connectivity index (χ4n) is 0.607. The number of carboxylic acids is 1. The van der Waals surface area contributed by atoms with Crippen LogP contribution in [0.15, 0.2) is 0 Å². The van der Waals surface area contributed by atoms with Crippen molar-refractivity contribution in [2.75, 3.05) is 0 Å². The summed E-state index contributed by atoms with van der Waals surface area (Å²) in [6.07, 6.45) is 0.663. The molecule has 0 saturated heterocycles. The molecule has 0 aliphatic carbocycles. The van der Waals surface area contributed by atoms with E-state index in [9.17, 15) is 4.79 Å². The van der Waals surface area contributed by atoms with Gasteiger partial charge in [-0.2, -0.15) is 0 Å². The third-order valence-corrected chi connectivity index (χ3v) is 2.52. The van der Waals surface area contributed by atoms with Crippen molar-refractivity contribution in [1.82, 2.24) is 0 Å². The van der Waals surface area contributed by atoms with Crippen molar-refractivity contribution < 1.29 is 15.0 Å². The number of aliphatic hydroxyl groups is 1. The summed E-state index contributed by atoms with van der Waals surface area (Å²) in [5.74, 6) is -0.943. The van der Waals surface area contributed by atoms with E-state index in [1.807, 2.05) is 6.92 Å². The molecule has 0 unspecified atom stereocenters. The number of halogens is 1. The molecule has 0 aromatic rings. The highest BCUT2D eigenvalue weighted by atomic mass is 127. The van der Waals surface area contributed by atoms with Crippen LogP contribution in [0, 0.1) is 0 Å². The molecule has 0 bridgehead atoms. The van der Waals surface area contributed by atoms with Crippen LogP contribution >= 0.6 is 22.6 Å². The standard InChI is InChI=1S/C6H11IO3/c1-2-3-4(8)5(7)6(9)10/h4-5,8H,2-3H2,1H3,(H,9,10)/t4-,5-/m0/s1. The average Bonchev–Trinajstić information content (AvgIpc) is 1.87. The first-order valence-corrected chi connectivity index (χ1v) is 4.39. The smallest absolute Gasteiger partial charge is 0.319 e. The molecule has 0 saturated carbocycles. The fraction of sp³-hybridized carbons (Fsp3) is 0.833. The van der Waals surface area contributed by atoms with Crippen LogP contribution in [0.25, 0.3) is 0 Å². The molecule has 0 aromatic heterocycles. The molecule has 2 N–H and O–H groups in total. The summed E-state index contributed by atoms with van der Waals surface area (Å²) in [5, 5.41) is 17.5. The number of alkyl halides is 1. The van der Waals surface area contributed by atoms with Crippen molar-refractivity contribution in [1.29, 1.82) is 0 Å². The van der Waals surface area contributed by atoms with Crippen LogP contribution in [-0.2, 0) is 4.79 Å². The maximum atomic E-state index is 10.2. The van der Waals surface area contributed by atoms with Crippen LogP contribution in [0.5, 0.6) is 0 Å². The van der Waals surface area contributed by atoms with Gasteiger partial charge in [-0.15, -0.1) is 0 Å². The Morgan fingerprint density at radius 3 is 2.50 bits per heavy atom. The molecular weight excluding hydrogens is 247 g/mol. The van der Waals surface area contributed by atoms with Gasteiger partial charge in [0.1, 0.15) is 3.92 Å². The van der Waals surface area contributed by atoms with E-state index in [2.05, 4.69) is 0 Å². The van der Waals surface area contributed by atoms with Crippen molar-refractivity contribution in [3.05, 3.63) is 0 Å². The van der Waals surface area contributed by atoms with Crippen LogP contribution in [0.3, 0.4) is 0 Å². The molecule has 0 aliphatic rings. The molecule has 0 spiro atoms. The predicted molar refractivity (Wildman–Crippen MR) is 46.4 cm³/mol. The first kappa shape index (κ1) is 10.2. The van der Waals surface area contributed by atoms with E-state index in [1.54, 1.807) is 22.6 Å². The first-order valence-electron chi connectivity index (χ1n) is 3.14. The monoisotopic (exact) mass is 258 g/mol. The lowest BCUT2D eigenvalue weighted by Gasteiger charge is -2.11. The summed E-state index contributed by atoms with van der Waals surface area (Å²) in [4.78, 5) is 10.2. The van der Waals surface area contributed by atoms with Gasteiger partial charge >= 0.3 is 5.97 Å². The Labute approximate surface area is 73.6 Å². The Morgan fingerprint density at radius 1 is 1.70 bits per heavy atom.